The zero-order chi connectivity index (χ0) is 32.3. The van der Waals surface area contributed by atoms with Gasteiger partial charge in [-0.3, -0.25) is 24.0 Å². The number of aliphatic carboxylic acids is 3. The van der Waals surface area contributed by atoms with Gasteiger partial charge in [0.2, 0.25) is 24.1 Å². The van der Waals surface area contributed by atoms with Crippen LogP contribution in [0, 0.1) is 0 Å². The molecule has 0 aromatic carbocycles. The van der Waals surface area contributed by atoms with Crippen LogP contribution in [-0.4, -0.2) is 82.5 Å². The van der Waals surface area contributed by atoms with Crippen molar-refractivity contribution >= 4 is 42.0 Å². The first-order valence-electron chi connectivity index (χ1n) is 15.3. The third-order valence-electron chi connectivity index (χ3n) is 6.80. The molecule has 43 heavy (non-hydrogen) atoms. The van der Waals surface area contributed by atoms with Gasteiger partial charge in [0.15, 0.2) is 0 Å². The van der Waals surface area contributed by atoms with Gasteiger partial charge in [0.25, 0.3) is 0 Å². The molecule has 14 nitrogen and oxygen atoms in total. The van der Waals surface area contributed by atoms with Gasteiger partial charge in [0.1, 0.15) is 12.1 Å². The summed E-state index contributed by atoms with van der Waals surface area (Å²) in [6.45, 7) is -0.574. The Labute approximate surface area is 253 Å². The quantitative estimate of drug-likeness (QED) is 0.0479. The second-order valence-corrected chi connectivity index (χ2v) is 10.6. The molecule has 0 aliphatic carbocycles. The maximum Gasteiger partial charge on any atom is 0.326 e. The Bertz CT molecular complexity index is 868. The average molecular weight is 615 g/mol. The number of carboxylic acids is 3. The van der Waals surface area contributed by atoms with E-state index in [0.717, 1.165) is 51.4 Å². The number of amides is 4. The summed E-state index contributed by atoms with van der Waals surface area (Å²) in [5, 5.41) is 36.2. The Balaban J connectivity index is 3.94. The lowest BCUT2D eigenvalue weighted by molar-refractivity contribution is -0.143. The first-order chi connectivity index (χ1) is 20.6. The fraction of sp³-hybridized carbons (Fsp3) is 0.759. The van der Waals surface area contributed by atoms with E-state index in [0.29, 0.717) is 6.42 Å². The van der Waals surface area contributed by atoms with Crippen LogP contribution in [0.5, 0.6) is 0 Å². The van der Waals surface area contributed by atoms with Gasteiger partial charge in [-0.2, -0.15) is 0 Å². The molecule has 0 aromatic heterocycles. The molecule has 7 N–H and O–H groups in total. The smallest absolute Gasteiger partial charge is 0.326 e. The molecule has 4 amide bonds. The van der Waals surface area contributed by atoms with Crippen LogP contribution in [0.2, 0.25) is 0 Å². The number of rotatable bonds is 29. The van der Waals surface area contributed by atoms with Gasteiger partial charge in [-0.05, 0) is 19.3 Å². The Morgan fingerprint density at radius 2 is 1.00 bits per heavy atom. The number of hydrogen-bond donors (Lipinski definition) is 7. The highest BCUT2D eigenvalue weighted by molar-refractivity contribution is 5.89. The van der Waals surface area contributed by atoms with Crippen molar-refractivity contribution in [1.82, 2.24) is 21.3 Å². The van der Waals surface area contributed by atoms with Crippen LogP contribution < -0.4 is 21.3 Å². The van der Waals surface area contributed by atoms with Crippen molar-refractivity contribution in [1.29, 1.82) is 0 Å². The summed E-state index contributed by atoms with van der Waals surface area (Å²) in [5.41, 5.74) is 0. The molecular formula is C29H50N4O10. The zero-order valence-electron chi connectivity index (χ0n) is 25.1. The number of carboxylic acid groups (broad SMARTS) is 3. The summed E-state index contributed by atoms with van der Waals surface area (Å²) >= 11 is 0. The normalized spacial score (nSPS) is 12.0. The van der Waals surface area contributed by atoms with Crippen LogP contribution in [0.15, 0.2) is 0 Å². The molecule has 246 valence electrons. The highest BCUT2D eigenvalue weighted by Gasteiger charge is 2.24. The predicted octanol–water partition coefficient (Wildman–Crippen LogP) is 2.09. The molecule has 0 radical (unpaired) electrons. The third kappa shape index (κ3) is 24.6. The number of hydrogen-bond acceptors (Lipinski definition) is 7. The zero-order valence-corrected chi connectivity index (χ0v) is 25.1. The summed E-state index contributed by atoms with van der Waals surface area (Å²) < 4.78 is 0. The van der Waals surface area contributed by atoms with E-state index in [4.69, 9.17) is 5.11 Å². The van der Waals surface area contributed by atoms with Gasteiger partial charge in [0.05, 0.1) is 13.0 Å². The van der Waals surface area contributed by atoms with Crippen molar-refractivity contribution in [2.45, 2.75) is 128 Å². The Kier molecular flexibility index (Phi) is 23.7. The lowest BCUT2D eigenvalue weighted by atomic mass is 10.0. The number of nitrogens with one attached hydrogen (secondary N) is 4. The molecule has 0 aromatic rings. The van der Waals surface area contributed by atoms with Crippen molar-refractivity contribution in [3.05, 3.63) is 0 Å². The van der Waals surface area contributed by atoms with E-state index in [1.165, 1.54) is 32.1 Å². The average Bonchev–Trinajstić information content (AvgIpc) is 2.94. The van der Waals surface area contributed by atoms with Gasteiger partial charge in [0, 0.05) is 19.4 Å². The van der Waals surface area contributed by atoms with E-state index < -0.39 is 60.7 Å². The van der Waals surface area contributed by atoms with Crippen LogP contribution in [0.1, 0.15) is 116 Å². The summed E-state index contributed by atoms with van der Waals surface area (Å²) in [6, 6.07) is -2.74. The highest BCUT2D eigenvalue weighted by atomic mass is 16.4. The lowest BCUT2D eigenvalue weighted by Crippen LogP contribution is -2.47. The van der Waals surface area contributed by atoms with E-state index in [2.05, 4.69) is 21.3 Å². The van der Waals surface area contributed by atoms with Crippen molar-refractivity contribution in [3.63, 3.8) is 0 Å². The number of carbonyl (C=O) groups excluding carboxylic acids is 4. The Hall–Kier alpha value is -3.71. The fourth-order valence-corrected chi connectivity index (χ4v) is 4.40. The molecule has 0 aliphatic heterocycles. The largest absolute Gasteiger partial charge is 0.481 e. The highest BCUT2D eigenvalue weighted by Crippen LogP contribution is 2.14. The summed E-state index contributed by atoms with van der Waals surface area (Å²) in [4.78, 5) is 79.3. The van der Waals surface area contributed by atoms with E-state index in [9.17, 15) is 43.8 Å². The van der Waals surface area contributed by atoms with Gasteiger partial charge < -0.3 is 36.6 Å². The first kappa shape index (κ1) is 39.3. The molecule has 0 saturated carbocycles. The molecule has 0 bridgehead atoms. The molecule has 0 heterocycles. The lowest BCUT2D eigenvalue weighted by Gasteiger charge is -2.16. The topological polar surface area (TPSA) is 228 Å². The SMILES string of the molecule is O=CNCC(=O)NC(CC(=O)NCCC(NC(=O)CCCCCCCCCCCCCCCCC(=O)O)C(=O)O)C(=O)O. The molecule has 0 rings (SSSR count). The molecule has 0 aliphatic rings. The van der Waals surface area contributed by atoms with Crippen LogP contribution in [0.3, 0.4) is 0 Å². The number of carbonyl (C=O) groups is 7. The second kappa shape index (κ2) is 26.0. The van der Waals surface area contributed by atoms with Gasteiger partial charge >= 0.3 is 17.9 Å². The first-order valence-corrected chi connectivity index (χ1v) is 15.3. The van der Waals surface area contributed by atoms with E-state index in [1.807, 2.05) is 0 Å². The van der Waals surface area contributed by atoms with Gasteiger partial charge in [-0.1, -0.05) is 77.0 Å². The van der Waals surface area contributed by atoms with Crippen molar-refractivity contribution in [2.75, 3.05) is 13.1 Å². The maximum absolute atomic E-state index is 12.2. The monoisotopic (exact) mass is 614 g/mol. The summed E-state index contributed by atoms with van der Waals surface area (Å²) in [5.74, 6) is -5.33. The van der Waals surface area contributed by atoms with Gasteiger partial charge in [-0.15, -0.1) is 0 Å². The predicted molar refractivity (Wildman–Crippen MR) is 157 cm³/mol. The van der Waals surface area contributed by atoms with Crippen LogP contribution in [-0.2, 0) is 33.6 Å². The molecular weight excluding hydrogens is 564 g/mol. The summed E-state index contributed by atoms with van der Waals surface area (Å²) in [6.07, 6.45) is 14.8. The summed E-state index contributed by atoms with van der Waals surface area (Å²) in [7, 11) is 0. The van der Waals surface area contributed by atoms with Crippen molar-refractivity contribution in [2.24, 2.45) is 0 Å². The Morgan fingerprint density at radius 3 is 1.44 bits per heavy atom. The molecule has 0 saturated heterocycles. The minimum absolute atomic E-state index is 0.104. The van der Waals surface area contributed by atoms with Crippen LogP contribution in [0.25, 0.3) is 0 Å². The molecule has 0 spiro atoms. The number of unbranched alkanes of at least 4 members (excludes halogenated alkanes) is 13. The standard InChI is InChI=1S/C29H50N4O10/c34-21-30-20-26(37)33-23(29(42)43)19-25(36)31-18-17-22(28(40)41)32-24(35)15-13-11-9-7-5-3-1-2-4-6-8-10-12-14-16-27(38)39/h21-23H,1-20H2,(H,30,34)(H,31,36)(H,32,35)(H,33,37)(H,38,39)(H,40,41)(H,42,43). The molecule has 14 heteroatoms. The fourth-order valence-electron chi connectivity index (χ4n) is 4.40. The molecule has 0 fully saturated rings. The van der Waals surface area contributed by atoms with Crippen LogP contribution in [0.4, 0.5) is 0 Å². The Morgan fingerprint density at radius 1 is 0.558 bits per heavy atom. The molecule has 2 unspecified atom stereocenters. The maximum atomic E-state index is 12.2. The minimum Gasteiger partial charge on any atom is -0.481 e. The van der Waals surface area contributed by atoms with Crippen molar-refractivity contribution < 1.29 is 48.9 Å². The van der Waals surface area contributed by atoms with E-state index >= 15 is 0 Å². The second-order valence-electron chi connectivity index (χ2n) is 10.6. The van der Waals surface area contributed by atoms with E-state index in [-0.39, 0.29) is 32.2 Å². The minimum atomic E-state index is -1.53. The van der Waals surface area contributed by atoms with Gasteiger partial charge in [-0.25, -0.2) is 9.59 Å². The van der Waals surface area contributed by atoms with Crippen molar-refractivity contribution in [3.8, 4) is 0 Å². The van der Waals surface area contributed by atoms with E-state index in [1.54, 1.807) is 0 Å². The third-order valence-corrected chi connectivity index (χ3v) is 6.80. The molecule has 2 atom stereocenters. The van der Waals surface area contributed by atoms with Crippen LogP contribution >= 0.6 is 0 Å².